The maximum Gasteiger partial charge on any atom is 0.323 e. The number of ether oxygens (including phenoxy) is 4. The summed E-state index contributed by atoms with van der Waals surface area (Å²) in [6.07, 6.45) is 7.01. The molecule has 9 nitrogen and oxygen atoms in total. The number of carbonyl (C=O) groups is 2. The van der Waals surface area contributed by atoms with Gasteiger partial charge in [-0.1, -0.05) is 19.8 Å². The van der Waals surface area contributed by atoms with Crippen LogP contribution in [0.5, 0.6) is 0 Å². The molecular weight excluding hydrogens is 536 g/mol. The van der Waals surface area contributed by atoms with E-state index in [0.717, 1.165) is 25.7 Å². The van der Waals surface area contributed by atoms with E-state index >= 15 is 0 Å². The number of nitrogens with one attached hydrogen (secondary N) is 1. The molecule has 0 saturated carbocycles. The largest absolute Gasteiger partial charge is 0.461 e. The number of unbranched alkanes of at least 4 members (excludes halogenated alkanes) is 1. The van der Waals surface area contributed by atoms with Gasteiger partial charge in [0.2, 0.25) is 0 Å². The summed E-state index contributed by atoms with van der Waals surface area (Å²) >= 11 is 0. The number of carbonyl (C=O) groups excluding carboxylic acids is 2. The van der Waals surface area contributed by atoms with Gasteiger partial charge in [0.15, 0.2) is 11.7 Å². The number of piperidine rings is 2. The Morgan fingerprint density at radius 2 is 1.38 bits per heavy atom. The van der Waals surface area contributed by atoms with Gasteiger partial charge in [0.1, 0.15) is 12.2 Å². The molecule has 3 aliphatic rings. The Balaban J connectivity index is 1.84. The van der Waals surface area contributed by atoms with Crippen molar-refractivity contribution in [1.82, 2.24) is 10.4 Å². The monoisotopic (exact) mass is 596 g/mol. The maximum absolute atomic E-state index is 14.3. The Hall–Kier alpha value is -1.26. The van der Waals surface area contributed by atoms with Gasteiger partial charge < -0.3 is 29.5 Å². The van der Waals surface area contributed by atoms with Gasteiger partial charge in [-0.05, 0) is 93.9 Å². The fourth-order valence-electron chi connectivity index (χ4n) is 7.63. The zero-order chi connectivity index (χ0) is 31.4. The summed E-state index contributed by atoms with van der Waals surface area (Å²) in [7, 11) is 0. The highest BCUT2D eigenvalue weighted by Gasteiger charge is 2.53. The van der Waals surface area contributed by atoms with E-state index in [9.17, 15) is 14.8 Å². The third kappa shape index (κ3) is 9.13. The zero-order valence-corrected chi connectivity index (χ0v) is 28.0. The first-order valence-corrected chi connectivity index (χ1v) is 16.4. The number of hydroxylamine groups is 2. The van der Waals surface area contributed by atoms with Crippen molar-refractivity contribution in [3.8, 4) is 0 Å². The van der Waals surface area contributed by atoms with Crippen LogP contribution < -0.4 is 5.32 Å². The first kappa shape index (κ1) is 35.2. The molecule has 3 rings (SSSR count). The third-order valence-electron chi connectivity index (χ3n) is 9.23. The molecule has 0 spiro atoms. The minimum absolute atomic E-state index is 0.206. The SMILES string of the molecule is CCCCC(CCCOC1CCCCO1)(C(=O)OC1CC(C)(C)NC(C)(C)C1)C(=O)OC1CC(C)(C)N(O)C(C)(C)C1. The summed E-state index contributed by atoms with van der Waals surface area (Å²) in [5.74, 6) is -0.989. The Labute approximate surface area is 254 Å². The standard InChI is InChI=1S/C33H60N2O7/c1-10-11-16-33(17-14-19-40-26-15-12-13-18-39-26,27(36)41-24-20-29(2,3)34-30(4,5)21-24)28(37)42-25-22-31(6,7)35(38)32(8,9)23-25/h24-26,34,38H,10-23H2,1-9H3. The van der Waals surface area contributed by atoms with Crippen LogP contribution in [0, 0.1) is 5.41 Å². The number of nitrogens with zero attached hydrogens (tertiary/aromatic N) is 1. The van der Waals surface area contributed by atoms with Gasteiger partial charge >= 0.3 is 11.9 Å². The van der Waals surface area contributed by atoms with Crippen molar-refractivity contribution >= 4 is 11.9 Å². The van der Waals surface area contributed by atoms with Crippen LogP contribution in [-0.4, -0.2) is 76.1 Å². The predicted octanol–water partition coefficient (Wildman–Crippen LogP) is 6.29. The van der Waals surface area contributed by atoms with E-state index in [1.165, 1.54) is 5.06 Å². The van der Waals surface area contributed by atoms with Crippen molar-refractivity contribution in [3.63, 3.8) is 0 Å². The van der Waals surface area contributed by atoms with Gasteiger partial charge in [-0.25, -0.2) is 0 Å². The van der Waals surface area contributed by atoms with Gasteiger partial charge in [-0.2, -0.15) is 5.06 Å². The highest BCUT2D eigenvalue weighted by atomic mass is 16.7. The Bertz CT molecular complexity index is 878. The lowest BCUT2D eigenvalue weighted by atomic mass is 9.77. The van der Waals surface area contributed by atoms with E-state index in [-0.39, 0.29) is 23.5 Å². The maximum atomic E-state index is 14.3. The molecule has 0 aromatic heterocycles. The number of hydrogen-bond donors (Lipinski definition) is 2. The van der Waals surface area contributed by atoms with Crippen LogP contribution in [0.25, 0.3) is 0 Å². The minimum Gasteiger partial charge on any atom is -0.461 e. The van der Waals surface area contributed by atoms with Crippen molar-refractivity contribution in [3.05, 3.63) is 0 Å². The van der Waals surface area contributed by atoms with Gasteiger partial charge in [0.05, 0.1) is 0 Å². The molecule has 3 heterocycles. The summed E-state index contributed by atoms with van der Waals surface area (Å²) in [5, 5.41) is 15.8. The molecule has 3 fully saturated rings. The van der Waals surface area contributed by atoms with Crippen molar-refractivity contribution < 1.29 is 33.7 Å². The molecular formula is C33H60N2O7. The molecule has 0 amide bonds. The Kier molecular flexibility index (Phi) is 11.6. The number of rotatable bonds is 12. The summed E-state index contributed by atoms with van der Waals surface area (Å²) in [5.41, 5.74) is -3.00. The summed E-state index contributed by atoms with van der Waals surface area (Å²) in [4.78, 5) is 28.6. The molecule has 0 radical (unpaired) electrons. The van der Waals surface area contributed by atoms with Crippen LogP contribution in [0.1, 0.15) is 139 Å². The molecule has 9 heteroatoms. The van der Waals surface area contributed by atoms with Crippen LogP contribution in [0.4, 0.5) is 0 Å². The molecule has 244 valence electrons. The highest BCUT2D eigenvalue weighted by Crippen LogP contribution is 2.42. The van der Waals surface area contributed by atoms with E-state index in [4.69, 9.17) is 18.9 Å². The first-order valence-electron chi connectivity index (χ1n) is 16.4. The molecule has 2 N–H and O–H groups in total. The fraction of sp³-hybridized carbons (Fsp3) is 0.939. The van der Waals surface area contributed by atoms with Crippen molar-refractivity contribution in [2.75, 3.05) is 13.2 Å². The molecule has 0 aromatic carbocycles. The van der Waals surface area contributed by atoms with Crippen LogP contribution >= 0.6 is 0 Å². The summed E-state index contributed by atoms with van der Waals surface area (Å²) in [6, 6.07) is 0. The van der Waals surface area contributed by atoms with E-state index < -0.39 is 34.5 Å². The van der Waals surface area contributed by atoms with Crippen LogP contribution in [0.15, 0.2) is 0 Å². The predicted molar refractivity (Wildman–Crippen MR) is 162 cm³/mol. The smallest absolute Gasteiger partial charge is 0.323 e. The van der Waals surface area contributed by atoms with Gasteiger partial charge in [-0.15, -0.1) is 0 Å². The molecule has 2 atom stereocenters. The molecule has 3 aliphatic heterocycles. The third-order valence-corrected chi connectivity index (χ3v) is 9.23. The second kappa shape index (κ2) is 13.8. The van der Waals surface area contributed by atoms with Gasteiger partial charge in [0.25, 0.3) is 0 Å². The van der Waals surface area contributed by atoms with Crippen LogP contribution in [0.3, 0.4) is 0 Å². The second-order valence-electron chi connectivity index (χ2n) is 15.7. The average molecular weight is 597 g/mol. The highest BCUT2D eigenvalue weighted by molar-refractivity contribution is 6.00. The normalized spacial score (nSPS) is 27.6. The molecule has 0 aromatic rings. The van der Waals surface area contributed by atoms with E-state index in [0.29, 0.717) is 64.6 Å². The summed E-state index contributed by atoms with van der Waals surface area (Å²) < 4.78 is 24.3. The first-order chi connectivity index (χ1) is 19.4. The minimum atomic E-state index is -1.42. The molecule has 0 aliphatic carbocycles. The average Bonchev–Trinajstić information content (AvgIpc) is 2.85. The summed E-state index contributed by atoms with van der Waals surface area (Å²) in [6.45, 7) is 19.4. The van der Waals surface area contributed by atoms with Crippen LogP contribution in [0.2, 0.25) is 0 Å². The van der Waals surface area contributed by atoms with Crippen molar-refractivity contribution in [2.24, 2.45) is 5.41 Å². The van der Waals surface area contributed by atoms with Crippen LogP contribution in [-0.2, 0) is 28.5 Å². The topological polar surface area (TPSA) is 107 Å². The zero-order valence-electron chi connectivity index (χ0n) is 28.0. The lowest BCUT2D eigenvalue weighted by Crippen LogP contribution is -2.61. The van der Waals surface area contributed by atoms with E-state index in [1.807, 2.05) is 27.7 Å². The van der Waals surface area contributed by atoms with Crippen molar-refractivity contribution in [2.45, 2.75) is 180 Å². The molecule has 2 unspecified atom stereocenters. The van der Waals surface area contributed by atoms with E-state index in [2.05, 4.69) is 39.9 Å². The molecule has 0 bridgehead atoms. The number of esters is 2. The Morgan fingerprint density at radius 3 is 1.88 bits per heavy atom. The fourth-order valence-corrected chi connectivity index (χ4v) is 7.63. The van der Waals surface area contributed by atoms with E-state index in [1.54, 1.807) is 0 Å². The number of hydrogen-bond acceptors (Lipinski definition) is 9. The lowest BCUT2D eigenvalue weighted by Gasteiger charge is -2.51. The van der Waals surface area contributed by atoms with Gasteiger partial charge in [-0.3, -0.25) is 9.59 Å². The Morgan fingerprint density at radius 1 is 0.857 bits per heavy atom. The molecule has 3 saturated heterocycles. The molecule has 42 heavy (non-hydrogen) atoms. The lowest BCUT2D eigenvalue weighted by molar-refractivity contribution is -0.260. The second-order valence-corrected chi connectivity index (χ2v) is 15.7. The quantitative estimate of drug-likeness (QED) is 0.153. The van der Waals surface area contributed by atoms with Crippen molar-refractivity contribution in [1.29, 1.82) is 0 Å². The van der Waals surface area contributed by atoms with Gasteiger partial charge in [0, 0.05) is 61.1 Å².